The van der Waals surface area contributed by atoms with Crippen molar-refractivity contribution in [2.45, 2.75) is 13.0 Å². The molecule has 0 aliphatic carbocycles. The van der Waals surface area contributed by atoms with Gasteiger partial charge in [-0.1, -0.05) is 30.3 Å². The molecule has 3 N–H and O–H groups in total. The van der Waals surface area contributed by atoms with E-state index in [-0.39, 0.29) is 0 Å². The van der Waals surface area contributed by atoms with E-state index in [0.717, 1.165) is 57.1 Å². The van der Waals surface area contributed by atoms with Gasteiger partial charge < -0.3 is 20.2 Å². The lowest BCUT2D eigenvalue weighted by Crippen LogP contribution is -2.39. The Morgan fingerprint density at radius 3 is 2.84 bits per heavy atom. The molecular weight excluding hydrogens is 318 g/mol. The topological polar surface area (TPSA) is 88.9 Å². The fraction of sp³-hybridized carbons (Fsp3) is 0.444. The first-order valence-corrected chi connectivity index (χ1v) is 8.65. The van der Waals surface area contributed by atoms with E-state index in [4.69, 9.17) is 14.9 Å². The van der Waals surface area contributed by atoms with Gasteiger partial charge in [0.2, 0.25) is 5.89 Å². The van der Waals surface area contributed by atoms with Gasteiger partial charge >= 0.3 is 0 Å². The molecule has 1 saturated heterocycles. The standard InChI is InChI=1S/C18H25N5O2/c19-18(20-7-4-8-23-9-11-24-12-10-23)22-14-17-21-13-16(25-17)15-5-2-1-3-6-15/h1-3,5-6,13H,4,7-12,14H2,(H3,19,20,22). The minimum Gasteiger partial charge on any atom is -0.439 e. The number of nitrogens with two attached hydrogens (primary N) is 1. The molecule has 0 saturated carbocycles. The largest absolute Gasteiger partial charge is 0.439 e. The Morgan fingerprint density at radius 1 is 1.24 bits per heavy atom. The van der Waals surface area contributed by atoms with Crippen LogP contribution in [0.4, 0.5) is 0 Å². The van der Waals surface area contributed by atoms with E-state index in [2.05, 4.69) is 20.2 Å². The predicted molar refractivity (Wildman–Crippen MR) is 97.1 cm³/mol. The van der Waals surface area contributed by atoms with E-state index >= 15 is 0 Å². The number of hydrogen-bond acceptors (Lipinski definition) is 5. The molecule has 0 amide bonds. The molecule has 0 unspecified atom stereocenters. The van der Waals surface area contributed by atoms with Crippen molar-refractivity contribution in [3.05, 3.63) is 42.4 Å². The van der Waals surface area contributed by atoms with Crippen LogP contribution < -0.4 is 11.1 Å². The van der Waals surface area contributed by atoms with Crippen LogP contribution in [-0.2, 0) is 11.3 Å². The van der Waals surface area contributed by atoms with E-state index in [1.807, 2.05) is 30.3 Å². The second kappa shape index (κ2) is 9.19. The Labute approximate surface area is 147 Å². The van der Waals surface area contributed by atoms with Crippen LogP contribution in [0.25, 0.3) is 11.3 Å². The van der Waals surface area contributed by atoms with Crippen LogP contribution in [0, 0.1) is 0 Å². The third-order valence-electron chi connectivity index (χ3n) is 4.06. The maximum atomic E-state index is 5.89. The van der Waals surface area contributed by atoms with Crippen LogP contribution in [0.2, 0.25) is 0 Å². The molecule has 1 aromatic carbocycles. The van der Waals surface area contributed by atoms with Crippen molar-refractivity contribution >= 4 is 5.96 Å². The number of benzene rings is 1. The second-order valence-electron chi connectivity index (χ2n) is 5.92. The fourth-order valence-corrected chi connectivity index (χ4v) is 2.67. The van der Waals surface area contributed by atoms with Gasteiger partial charge in [-0.2, -0.15) is 0 Å². The Hall–Kier alpha value is -2.38. The fourth-order valence-electron chi connectivity index (χ4n) is 2.67. The highest BCUT2D eigenvalue weighted by Crippen LogP contribution is 2.19. The summed E-state index contributed by atoms with van der Waals surface area (Å²) in [4.78, 5) is 10.9. The molecule has 1 aliphatic heterocycles. The molecule has 134 valence electrons. The van der Waals surface area contributed by atoms with Gasteiger partial charge in [0.25, 0.3) is 0 Å². The van der Waals surface area contributed by atoms with E-state index in [1.54, 1.807) is 6.20 Å². The van der Waals surface area contributed by atoms with Crippen LogP contribution in [0.3, 0.4) is 0 Å². The maximum absolute atomic E-state index is 5.89. The zero-order chi connectivity index (χ0) is 17.3. The molecule has 0 atom stereocenters. The third kappa shape index (κ3) is 5.58. The van der Waals surface area contributed by atoms with Crippen LogP contribution >= 0.6 is 0 Å². The maximum Gasteiger partial charge on any atom is 0.216 e. The summed E-state index contributed by atoms with van der Waals surface area (Å²) in [5, 5.41) is 3.13. The number of morpholine rings is 1. The summed E-state index contributed by atoms with van der Waals surface area (Å²) in [6, 6.07) is 9.87. The number of aliphatic imine (C=N–C) groups is 1. The number of nitrogens with zero attached hydrogens (tertiary/aromatic N) is 3. The summed E-state index contributed by atoms with van der Waals surface area (Å²) in [7, 11) is 0. The molecule has 3 rings (SSSR count). The normalized spacial score (nSPS) is 16.1. The van der Waals surface area contributed by atoms with Crippen LogP contribution in [0.5, 0.6) is 0 Å². The van der Waals surface area contributed by atoms with Gasteiger partial charge in [-0.15, -0.1) is 0 Å². The lowest BCUT2D eigenvalue weighted by atomic mass is 10.2. The highest BCUT2D eigenvalue weighted by molar-refractivity contribution is 5.77. The summed E-state index contributed by atoms with van der Waals surface area (Å²) >= 11 is 0. The molecule has 1 aliphatic rings. The van der Waals surface area contributed by atoms with Crippen molar-refractivity contribution in [1.29, 1.82) is 0 Å². The van der Waals surface area contributed by atoms with E-state index in [9.17, 15) is 0 Å². The van der Waals surface area contributed by atoms with Gasteiger partial charge in [-0.25, -0.2) is 9.98 Å². The van der Waals surface area contributed by atoms with Crippen LogP contribution in [0.1, 0.15) is 12.3 Å². The molecule has 0 radical (unpaired) electrons. The number of aromatic nitrogens is 1. The molecule has 7 nitrogen and oxygen atoms in total. The molecule has 0 spiro atoms. The smallest absolute Gasteiger partial charge is 0.216 e. The van der Waals surface area contributed by atoms with E-state index in [1.165, 1.54) is 0 Å². The third-order valence-corrected chi connectivity index (χ3v) is 4.06. The lowest BCUT2D eigenvalue weighted by molar-refractivity contribution is 0.0376. The zero-order valence-electron chi connectivity index (χ0n) is 14.4. The number of oxazole rings is 1. The Balaban J connectivity index is 1.38. The van der Waals surface area contributed by atoms with Crippen molar-refractivity contribution in [3.63, 3.8) is 0 Å². The number of nitrogens with one attached hydrogen (secondary N) is 1. The molecule has 2 heterocycles. The molecular formula is C18H25N5O2. The van der Waals surface area contributed by atoms with Gasteiger partial charge in [-0.3, -0.25) is 4.90 Å². The zero-order valence-corrected chi connectivity index (χ0v) is 14.4. The lowest BCUT2D eigenvalue weighted by Gasteiger charge is -2.26. The highest BCUT2D eigenvalue weighted by atomic mass is 16.5. The van der Waals surface area contributed by atoms with Gasteiger partial charge in [0.1, 0.15) is 6.54 Å². The summed E-state index contributed by atoms with van der Waals surface area (Å²) in [5.74, 6) is 1.71. The average molecular weight is 343 g/mol. The van der Waals surface area contributed by atoms with Gasteiger partial charge in [0.15, 0.2) is 11.7 Å². The quantitative estimate of drug-likeness (QED) is 0.450. The van der Waals surface area contributed by atoms with Crippen LogP contribution in [0.15, 0.2) is 45.9 Å². The van der Waals surface area contributed by atoms with Crippen molar-refractivity contribution in [1.82, 2.24) is 15.2 Å². The van der Waals surface area contributed by atoms with Crippen molar-refractivity contribution in [2.75, 3.05) is 39.4 Å². The SMILES string of the molecule is NC(=NCc1ncc(-c2ccccc2)o1)NCCCN1CCOCC1. The molecule has 1 aromatic heterocycles. The first-order chi connectivity index (χ1) is 12.3. The number of rotatable bonds is 7. The summed E-state index contributed by atoms with van der Waals surface area (Å²) in [6.45, 7) is 5.86. The number of ether oxygens (including phenoxy) is 1. The molecule has 7 heteroatoms. The van der Waals surface area contributed by atoms with E-state index in [0.29, 0.717) is 18.4 Å². The number of guanidine groups is 1. The molecule has 2 aromatic rings. The molecule has 0 bridgehead atoms. The minimum atomic E-state index is 0.329. The Morgan fingerprint density at radius 2 is 2.04 bits per heavy atom. The van der Waals surface area contributed by atoms with Gasteiger partial charge in [0, 0.05) is 25.2 Å². The van der Waals surface area contributed by atoms with Crippen molar-refractivity contribution in [3.8, 4) is 11.3 Å². The van der Waals surface area contributed by atoms with Crippen LogP contribution in [-0.4, -0.2) is 55.2 Å². The summed E-state index contributed by atoms with van der Waals surface area (Å²) < 4.78 is 11.0. The number of hydrogen-bond donors (Lipinski definition) is 2. The molecule has 1 fully saturated rings. The second-order valence-corrected chi connectivity index (χ2v) is 5.92. The summed E-state index contributed by atoms with van der Waals surface area (Å²) in [5.41, 5.74) is 6.89. The monoisotopic (exact) mass is 343 g/mol. The first-order valence-electron chi connectivity index (χ1n) is 8.65. The van der Waals surface area contributed by atoms with Crippen molar-refractivity contribution in [2.24, 2.45) is 10.7 Å². The van der Waals surface area contributed by atoms with E-state index < -0.39 is 0 Å². The average Bonchev–Trinajstić information content (AvgIpc) is 3.14. The van der Waals surface area contributed by atoms with Crippen molar-refractivity contribution < 1.29 is 9.15 Å². The minimum absolute atomic E-state index is 0.329. The Kier molecular flexibility index (Phi) is 6.42. The predicted octanol–water partition coefficient (Wildman–Crippen LogP) is 1.47. The molecule has 25 heavy (non-hydrogen) atoms. The first kappa shape index (κ1) is 17.4. The van der Waals surface area contributed by atoms with Gasteiger partial charge in [-0.05, 0) is 13.0 Å². The highest BCUT2D eigenvalue weighted by Gasteiger charge is 2.09. The Bertz CT molecular complexity index is 665. The summed E-state index contributed by atoms with van der Waals surface area (Å²) in [6.07, 6.45) is 2.74. The van der Waals surface area contributed by atoms with Gasteiger partial charge in [0.05, 0.1) is 19.4 Å².